The van der Waals surface area contributed by atoms with Gasteiger partial charge in [0.25, 0.3) is 0 Å². The lowest BCUT2D eigenvalue weighted by Gasteiger charge is -2.29. The number of hydrogen-bond donors (Lipinski definition) is 0. The molecule has 1 heterocycles. The standard InChI is InChI=1S/C21H21ClF2N2OS/c22-19-4-2-1-3-18(19)21-26(7-8-28-21)20(27)13-25(17-5-6-17)12-14-9-15(23)11-16(24)10-14/h1-4,9-11,17,21H,5-8,12-13H2/t21-/m0/s1. The molecule has 0 bridgehead atoms. The molecule has 0 radical (unpaired) electrons. The summed E-state index contributed by atoms with van der Waals surface area (Å²) < 4.78 is 27.1. The summed E-state index contributed by atoms with van der Waals surface area (Å²) in [5.41, 5.74) is 1.50. The first-order valence-corrected chi connectivity index (χ1v) is 10.8. The number of carbonyl (C=O) groups excluding carboxylic acids is 1. The third kappa shape index (κ3) is 4.50. The fourth-order valence-corrected chi connectivity index (χ4v) is 5.23. The molecular formula is C21H21ClF2N2OS. The number of amides is 1. The Morgan fingerprint density at radius 3 is 2.57 bits per heavy atom. The van der Waals surface area contributed by atoms with Crippen LogP contribution >= 0.6 is 23.4 Å². The maximum absolute atomic E-state index is 13.5. The highest BCUT2D eigenvalue weighted by atomic mass is 35.5. The van der Waals surface area contributed by atoms with E-state index in [1.54, 1.807) is 11.8 Å². The monoisotopic (exact) mass is 422 g/mol. The molecule has 4 rings (SSSR count). The molecule has 7 heteroatoms. The number of rotatable bonds is 6. The number of nitrogens with zero attached hydrogens (tertiary/aromatic N) is 2. The minimum absolute atomic E-state index is 0.0266. The van der Waals surface area contributed by atoms with Gasteiger partial charge in [0.1, 0.15) is 17.0 Å². The van der Waals surface area contributed by atoms with Crippen LogP contribution in [-0.2, 0) is 11.3 Å². The van der Waals surface area contributed by atoms with Crippen LogP contribution < -0.4 is 0 Å². The van der Waals surface area contributed by atoms with Crippen molar-refractivity contribution in [3.8, 4) is 0 Å². The first kappa shape index (κ1) is 19.7. The van der Waals surface area contributed by atoms with E-state index >= 15 is 0 Å². The van der Waals surface area contributed by atoms with Gasteiger partial charge < -0.3 is 4.90 Å². The molecule has 148 valence electrons. The summed E-state index contributed by atoms with van der Waals surface area (Å²) in [4.78, 5) is 17.0. The first-order valence-electron chi connectivity index (χ1n) is 9.36. The molecule has 1 atom stereocenters. The number of thioether (sulfide) groups is 1. The molecule has 3 nitrogen and oxygen atoms in total. The average Bonchev–Trinajstić information content (AvgIpc) is 3.37. The number of benzene rings is 2. The fourth-order valence-electron chi connectivity index (χ4n) is 3.61. The Balaban J connectivity index is 1.48. The zero-order valence-electron chi connectivity index (χ0n) is 15.3. The van der Waals surface area contributed by atoms with Crippen molar-refractivity contribution in [2.75, 3.05) is 18.8 Å². The van der Waals surface area contributed by atoms with E-state index in [2.05, 4.69) is 0 Å². The largest absolute Gasteiger partial charge is 0.325 e. The lowest BCUT2D eigenvalue weighted by molar-refractivity contribution is -0.132. The third-order valence-corrected chi connectivity index (χ3v) is 6.68. The van der Waals surface area contributed by atoms with Gasteiger partial charge in [0.2, 0.25) is 5.91 Å². The van der Waals surface area contributed by atoms with Crippen LogP contribution in [0.2, 0.25) is 5.02 Å². The highest BCUT2D eigenvalue weighted by Gasteiger charge is 2.36. The van der Waals surface area contributed by atoms with E-state index in [0.717, 1.165) is 30.2 Å². The van der Waals surface area contributed by atoms with Crippen molar-refractivity contribution in [1.29, 1.82) is 0 Å². The maximum Gasteiger partial charge on any atom is 0.237 e. The highest BCUT2D eigenvalue weighted by molar-refractivity contribution is 7.99. The van der Waals surface area contributed by atoms with Crippen molar-refractivity contribution in [1.82, 2.24) is 9.80 Å². The summed E-state index contributed by atoms with van der Waals surface area (Å²) in [6, 6.07) is 11.4. The van der Waals surface area contributed by atoms with Gasteiger partial charge in [-0.25, -0.2) is 8.78 Å². The van der Waals surface area contributed by atoms with Gasteiger partial charge in [0.05, 0.1) is 6.54 Å². The molecule has 2 fully saturated rings. The van der Waals surface area contributed by atoms with Crippen molar-refractivity contribution in [2.24, 2.45) is 0 Å². The van der Waals surface area contributed by atoms with Crippen molar-refractivity contribution < 1.29 is 13.6 Å². The highest BCUT2D eigenvalue weighted by Crippen LogP contribution is 2.41. The van der Waals surface area contributed by atoms with Crippen molar-refractivity contribution >= 4 is 29.3 Å². The Kier molecular flexibility index (Phi) is 5.90. The van der Waals surface area contributed by atoms with E-state index in [9.17, 15) is 13.6 Å². The smallest absolute Gasteiger partial charge is 0.237 e. The van der Waals surface area contributed by atoms with E-state index in [1.165, 1.54) is 12.1 Å². The normalized spacial score (nSPS) is 19.4. The zero-order chi connectivity index (χ0) is 19.7. The fraction of sp³-hybridized carbons (Fsp3) is 0.381. The molecule has 1 aliphatic carbocycles. The maximum atomic E-state index is 13.5. The molecule has 0 N–H and O–H groups in total. The van der Waals surface area contributed by atoms with E-state index in [-0.39, 0.29) is 17.8 Å². The van der Waals surface area contributed by atoms with Crippen LogP contribution in [0.1, 0.15) is 29.3 Å². The molecule has 2 aliphatic rings. The van der Waals surface area contributed by atoms with Crippen LogP contribution in [0.5, 0.6) is 0 Å². The second-order valence-corrected chi connectivity index (χ2v) is 8.84. The number of hydrogen-bond acceptors (Lipinski definition) is 3. The number of carbonyl (C=O) groups is 1. The summed E-state index contributed by atoms with van der Waals surface area (Å²) in [6.07, 6.45) is 2.02. The summed E-state index contributed by atoms with van der Waals surface area (Å²) in [5.74, 6) is -0.294. The summed E-state index contributed by atoms with van der Waals surface area (Å²) >= 11 is 8.05. The molecule has 1 saturated carbocycles. The van der Waals surface area contributed by atoms with Crippen LogP contribution in [0.15, 0.2) is 42.5 Å². The van der Waals surface area contributed by atoms with E-state index in [1.807, 2.05) is 34.1 Å². The molecule has 0 spiro atoms. The van der Waals surface area contributed by atoms with Crippen LogP contribution in [0.3, 0.4) is 0 Å². The molecule has 1 saturated heterocycles. The van der Waals surface area contributed by atoms with Gasteiger partial charge in [0, 0.05) is 41.5 Å². The van der Waals surface area contributed by atoms with Crippen LogP contribution in [0.4, 0.5) is 8.78 Å². The first-order chi connectivity index (χ1) is 13.5. The van der Waals surface area contributed by atoms with Gasteiger partial charge in [-0.05, 0) is 36.6 Å². The molecular weight excluding hydrogens is 402 g/mol. The molecule has 2 aromatic rings. The Morgan fingerprint density at radius 1 is 1.18 bits per heavy atom. The van der Waals surface area contributed by atoms with Gasteiger partial charge in [-0.1, -0.05) is 29.8 Å². The Morgan fingerprint density at radius 2 is 1.89 bits per heavy atom. The van der Waals surface area contributed by atoms with Crippen molar-refractivity contribution in [2.45, 2.75) is 30.8 Å². The average molecular weight is 423 g/mol. The van der Waals surface area contributed by atoms with Gasteiger partial charge >= 0.3 is 0 Å². The van der Waals surface area contributed by atoms with E-state index in [0.29, 0.717) is 29.7 Å². The topological polar surface area (TPSA) is 23.6 Å². The van der Waals surface area contributed by atoms with Crippen LogP contribution in [0.25, 0.3) is 0 Å². The lowest BCUT2D eigenvalue weighted by Crippen LogP contribution is -2.40. The van der Waals surface area contributed by atoms with Crippen molar-refractivity contribution in [3.63, 3.8) is 0 Å². The van der Waals surface area contributed by atoms with Crippen molar-refractivity contribution in [3.05, 3.63) is 70.2 Å². The Hall–Kier alpha value is -1.63. The van der Waals surface area contributed by atoms with Gasteiger partial charge in [-0.15, -0.1) is 11.8 Å². The second kappa shape index (κ2) is 8.39. The quantitative estimate of drug-likeness (QED) is 0.664. The minimum atomic E-state index is -0.591. The van der Waals surface area contributed by atoms with E-state index in [4.69, 9.17) is 11.6 Å². The van der Waals surface area contributed by atoms with Crippen LogP contribution in [-0.4, -0.2) is 40.6 Å². The SMILES string of the molecule is O=C(CN(Cc1cc(F)cc(F)c1)C1CC1)N1CCS[C@H]1c1ccccc1Cl. The third-order valence-electron chi connectivity index (χ3n) is 5.09. The van der Waals surface area contributed by atoms with Gasteiger partial charge in [-0.2, -0.15) is 0 Å². The molecule has 1 aliphatic heterocycles. The molecule has 28 heavy (non-hydrogen) atoms. The Bertz CT molecular complexity index is 857. The van der Waals surface area contributed by atoms with Gasteiger partial charge in [0.15, 0.2) is 0 Å². The molecule has 0 aromatic heterocycles. The lowest BCUT2D eigenvalue weighted by atomic mass is 10.2. The van der Waals surface area contributed by atoms with Gasteiger partial charge in [-0.3, -0.25) is 9.69 Å². The molecule has 0 unspecified atom stereocenters. The minimum Gasteiger partial charge on any atom is -0.325 e. The Labute approximate surface area is 172 Å². The van der Waals surface area contributed by atoms with Crippen LogP contribution in [0, 0.1) is 11.6 Å². The predicted molar refractivity (Wildman–Crippen MR) is 108 cm³/mol. The summed E-state index contributed by atoms with van der Waals surface area (Å²) in [6.45, 7) is 1.28. The summed E-state index contributed by atoms with van der Waals surface area (Å²) in [5, 5.41) is 0.572. The predicted octanol–water partition coefficient (Wildman–Crippen LogP) is 4.86. The number of halogens is 3. The molecule has 2 aromatic carbocycles. The second-order valence-electron chi connectivity index (χ2n) is 7.25. The summed E-state index contributed by atoms with van der Waals surface area (Å²) in [7, 11) is 0. The zero-order valence-corrected chi connectivity index (χ0v) is 16.9. The van der Waals surface area contributed by atoms with E-state index < -0.39 is 11.6 Å². The molecule has 1 amide bonds.